The van der Waals surface area contributed by atoms with E-state index in [-0.39, 0.29) is 12.1 Å². The second-order valence-electron chi connectivity index (χ2n) is 5.14. The minimum absolute atomic E-state index is 0.0310. The molecule has 0 aliphatic carbocycles. The summed E-state index contributed by atoms with van der Waals surface area (Å²) in [6.07, 6.45) is 3.76. The quantitative estimate of drug-likeness (QED) is 0.865. The molecule has 0 N–H and O–H groups in total. The highest BCUT2D eigenvalue weighted by molar-refractivity contribution is 7.09. The van der Waals surface area contributed by atoms with Crippen LogP contribution in [0.3, 0.4) is 0 Å². The van der Waals surface area contributed by atoms with E-state index in [1.807, 2.05) is 26.4 Å². The van der Waals surface area contributed by atoms with Gasteiger partial charge in [0.05, 0.1) is 41.1 Å². The molecule has 2 atom stereocenters. The summed E-state index contributed by atoms with van der Waals surface area (Å²) < 4.78 is 7.60. The van der Waals surface area contributed by atoms with Gasteiger partial charge in [0.1, 0.15) is 6.04 Å². The number of hydrogen-bond acceptors (Lipinski definition) is 6. The summed E-state index contributed by atoms with van der Waals surface area (Å²) in [7, 11) is 1.89. The zero-order valence-electron chi connectivity index (χ0n) is 12.1. The van der Waals surface area contributed by atoms with Crippen LogP contribution < -0.4 is 0 Å². The van der Waals surface area contributed by atoms with Gasteiger partial charge in [0, 0.05) is 31.9 Å². The van der Waals surface area contributed by atoms with Gasteiger partial charge in [0.25, 0.3) is 0 Å². The molecule has 6 nitrogen and oxygen atoms in total. The van der Waals surface area contributed by atoms with Gasteiger partial charge in [-0.1, -0.05) is 0 Å². The lowest BCUT2D eigenvalue weighted by molar-refractivity contribution is -0.0380. The molecule has 1 saturated heterocycles. The molecule has 3 rings (SSSR count). The van der Waals surface area contributed by atoms with Gasteiger partial charge in [-0.2, -0.15) is 10.4 Å². The Hall–Kier alpha value is -1.75. The van der Waals surface area contributed by atoms with Crippen molar-refractivity contribution in [1.82, 2.24) is 19.7 Å². The third-order valence-electron chi connectivity index (χ3n) is 3.71. The molecule has 7 heteroatoms. The van der Waals surface area contributed by atoms with Gasteiger partial charge in [-0.25, -0.2) is 4.98 Å². The van der Waals surface area contributed by atoms with Gasteiger partial charge in [0.15, 0.2) is 0 Å². The first-order valence-electron chi connectivity index (χ1n) is 6.83. The highest BCUT2D eigenvalue weighted by Gasteiger charge is 2.30. The first-order valence-corrected chi connectivity index (χ1v) is 7.71. The summed E-state index contributed by atoms with van der Waals surface area (Å²) in [5, 5.41) is 13.8. The van der Waals surface area contributed by atoms with Crippen LogP contribution in [0.25, 0.3) is 0 Å². The molecular formula is C14H17N5OS. The number of nitriles is 1. The maximum atomic E-state index is 9.57. The van der Waals surface area contributed by atoms with Crippen molar-refractivity contribution in [2.45, 2.75) is 19.1 Å². The third kappa shape index (κ3) is 2.83. The maximum Gasteiger partial charge on any atom is 0.135 e. The Kier molecular flexibility index (Phi) is 4.01. The average Bonchev–Trinajstić information content (AvgIpc) is 3.10. The van der Waals surface area contributed by atoms with E-state index < -0.39 is 0 Å². The number of ether oxygens (including phenoxy) is 1. The fourth-order valence-electron chi connectivity index (χ4n) is 2.59. The summed E-state index contributed by atoms with van der Waals surface area (Å²) in [5.41, 5.74) is 3.80. The second-order valence-corrected chi connectivity index (χ2v) is 6.02. The molecular weight excluding hydrogens is 286 g/mol. The van der Waals surface area contributed by atoms with E-state index in [0.29, 0.717) is 13.2 Å². The van der Waals surface area contributed by atoms with Crippen molar-refractivity contribution in [2.75, 3.05) is 19.7 Å². The number of thiazole rings is 1. The van der Waals surface area contributed by atoms with E-state index in [0.717, 1.165) is 22.7 Å². The maximum absolute atomic E-state index is 9.57. The Bertz CT molecular complexity index is 658. The highest BCUT2D eigenvalue weighted by Crippen LogP contribution is 2.31. The number of hydrogen-bond donors (Lipinski definition) is 0. The molecule has 1 aliphatic rings. The summed E-state index contributed by atoms with van der Waals surface area (Å²) in [5.74, 6) is 0. The lowest BCUT2D eigenvalue weighted by Crippen LogP contribution is -2.40. The molecule has 1 aliphatic heterocycles. The number of morpholine rings is 1. The third-order valence-corrected chi connectivity index (χ3v) is 4.70. The van der Waals surface area contributed by atoms with Crippen molar-refractivity contribution in [2.24, 2.45) is 7.05 Å². The van der Waals surface area contributed by atoms with E-state index in [4.69, 9.17) is 4.74 Å². The van der Waals surface area contributed by atoms with Gasteiger partial charge in [0.2, 0.25) is 0 Å². The molecule has 110 valence electrons. The van der Waals surface area contributed by atoms with Crippen LogP contribution in [0.15, 0.2) is 17.9 Å². The molecule has 0 radical (unpaired) electrons. The summed E-state index contributed by atoms with van der Waals surface area (Å²) in [4.78, 5) is 7.46. The largest absolute Gasteiger partial charge is 0.371 e. The second kappa shape index (κ2) is 5.93. The molecule has 0 bridgehead atoms. The minimum atomic E-state index is -0.249. The standard InChI is InChI=1S/C14H17N5OS/c1-10-14(21-9-16-10)12(5-15)19-3-4-20-13(8-19)11-6-17-18(2)7-11/h6-7,9,12-13H,3-4,8H2,1-2H3. The molecule has 0 aromatic carbocycles. The topological polar surface area (TPSA) is 67.0 Å². The smallest absolute Gasteiger partial charge is 0.135 e. The van der Waals surface area contributed by atoms with Crippen LogP contribution in [0, 0.1) is 18.3 Å². The highest BCUT2D eigenvalue weighted by atomic mass is 32.1. The van der Waals surface area contributed by atoms with E-state index in [9.17, 15) is 5.26 Å². The minimum Gasteiger partial charge on any atom is -0.371 e. The van der Waals surface area contributed by atoms with Crippen LogP contribution in [0.5, 0.6) is 0 Å². The molecule has 0 amide bonds. The molecule has 2 unspecified atom stereocenters. The summed E-state index contributed by atoms with van der Waals surface area (Å²) >= 11 is 1.54. The number of nitrogens with zero attached hydrogens (tertiary/aromatic N) is 5. The SMILES string of the molecule is Cc1ncsc1C(C#N)N1CCOC(c2cnn(C)c2)C1. The number of aryl methyl sites for hydroxylation is 2. The van der Waals surface area contributed by atoms with Gasteiger partial charge in [-0.3, -0.25) is 9.58 Å². The van der Waals surface area contributed by atoms with Crippen molar-refractivity contribution < 1.29 is 4.74 Å². The summed E-state index contributed by atoms with van der Waals surface area (Å²) in [6, 6.07) is 2.16. The van der Waals surface area contributed by atoms with E-state index in [1.165, 1.54) is 0 Å². The Balaban J connectivity index is 1.79. The Morgan fingerprint density at radius 2 is 2.43 bits per heavy atom. The Labute approximate surface area is 127 Å². The monoisotopic (exact) mass is 303 g/mol. The molecule has 2 aromatic heterocycles. The van der Waals surface area contributed by atoms with Gasteiger partial charge in [-0.15, -0.1) is 11.3 Å². The fraction of sp³-hybridized carbons (Fsp3) is 0.500. The number of rotatable bonds is 3. The Morgan fingerprint density at radius 1 is 1.57 bits per heavy atom. The predicted molar refractivity (Wildman–Crippen MR) is 78.7 cm³/mol. The molecule has 0 saturated carbocycles. The molecule has 0 spiro atoms. The van der Waals surface area contributed by atoms with E-state index >= 15 is 0 Å². The van der Waals surface area contributed by atoms with Crippen LogP contribution in [0.1, 0.15) is 28.3 Å². The van der Waals surface area contributed by atoms with Crippen LogP contribution in [-0.2, 0) is 11.8 Å². The lowest BCUT2D eigenvalue weighted by Gasteiger charge is -2.34. The van der Waals surface area contributed by atoms with Crippen molar-refractivity contribution in [3.8, 4) is 6.07 Å². The van der Waals surface area contributed by atoms with Crippen molar-refractivity contribution in [3.63, 3.8) is 0 Å². The number of aromatic nitrogens is 3. The zero-order valence-corrected chi connectivity index (χ0v) is 12.9. The normalized spacial score (nSPS) is 21.1. The van der Waals surface area contributed by atoms with Crippen molar-refractivity contribution in [1.29, 1.82) is 5.26 Å². The lowest BCUT2D eigenvalue weighted by atomic mass is 10.1. The van der Waals surface area contributed by atoms with E-state index in [2.05, 4.69) is 21.1 Å². The molecule has 3 heterocycles. The van der Waals surface area contributed by atoms with Gasteiger partial charge >= 0.3 is 0 Å². The summed E-state index contributed by atoms with van der Waals surface area (Å²) in [6.45, 7) is 4.03. The van der Waals surface area contributed by atoms with Gasteiger partial charge < -0.3 is 4.74 Å². The molecule has 2 aromatic rings. The Morgan fingerprint density at radius 3 is 3.05 bits per heavy atom. The fourth-order valence-corrected chi connectivity index (χ4v) is 3.47. The van der Waals surface area contributed by atoms with Crippen LogP contribution >= 0.6 is 11.3 Å². The molecule has 1 fully saturated rings. The van der Waals surface area contributed by atoms with Crippen molar-refractivity contribution in [3.05, 3.63) is 34.0 Å². The first-order chi connectivity index (χ1) is 10.2. The predicted octanol–water partition coefficient (Wildman–Crippen LogP) is 1.82. The first kappa shape index (κ1) is 14.2. The zero-order chi connectivity index (χ0) is 14.8. The average molecular weight is 303 g/mol. The van der Waals surface area contributed by atoms with E-state index in [1.54, 1.807) is 21.5 Å². The molecule has 21 heavy (non-hydrogen) atoms. The van der Waals surface area contributed by atoms with Crippen molar-refractivity contribution >= 4 is 11.3 Å². The van der Waals surface area contributed by atoms with Crippen LogP contribution in [0.2, 0.25) is 0 Å². The van der Waals surface area contributed by atoms with Crippen LogP contribution in [0.4, 0.5) is 0 Å². The van der Waals surface area contributed by atoms with Crippen LogP contribution in [-0.4, -0.2) is 39.4 Å². The van der Waals surface area contributed by atoms with Gasteiger partial charge in [-0.05, 0) is 6.92 Å².